The summed E-state index contributed by atoms with van der Waals surface area (Å²) in [7, 11) is 1.63. The summed E-state index contributed by atoms with van der Waals surface area (Å²) in [5, 5.41) is 11.3. The average molecular weight is 406 g/mol. The minimum absolute atomic E-state index is 0.0619. The summed E-state index contributed by atoms with van der Waals surface area (Å²) in [5.74, 6) is 0.285. The first-order valence-electron chi connectivity index (χ1n) is 9.53. The maximum absolute atomic E-state index is 13.1. The number of aryl methyl sites for hydroxylation is 2. The van der Waals surface area contributed by atoms with Gasteiger partial charge in [0.25, 0.3) is 0 Å². The number of carbonyl (C=O) groups is 1. The van der Waals surface area contributed by atoms with E-state index >= 15 is 0 Å². The van der Waals surface area contributed by atoms with Gasteiger partial charge in [-0.1, -0.05) is 0 Å². The second-order valence-corrected chi connectivity index (χ2v) is 9.07. The highest BCUT2D eigenvalue weighted by Crippen LogP contribution is 2.42. The van der Waals surface area contributed by atoms with E-state index in [-0.39, 0.29) is 11.8 Å². The molecular weight excluding hydrogens is 378 g/mol. The van der Waals surface area contributed by atoms with Crippen molar-refractivity contribution in [3.63, 3.8) is 0 Å². The van der Waals surface area contributed by atoms with Crippen molar-refractivity contribution in [2.45, 2.75) is 33.5 Å². The molecule has 0 aliphatic carbocycles. The third-order valence-electron chi connectivity index (χ3n) is 5.74. The van der Waals surface area contributed by atoms with Crippen molar-refractivity contribution in [2.24, 2.45) is 11.3 Å². The summed E-state index contributed by atoms with van der Waals surface area (Å²) >= 11 is 1.74. The SMILES string of the molecule is COCc1cc(CNC(=O)[C@]23COC[C@H]2CN(Cc2nc(C)c(C)s2)C3)[nH]n1. The molecule has 2 aromatic heterocycles. The molecule has 28 heavy (non-hydrogen) atoms. The van der Waals surface area contributed by atoms with Gasteiger partial charge in [-0.15, -0.1) is 11.3 Å². The molecule has 4 rings (SSSR count). The lowest BCUT2D eigenvalue weighted by Crippen LogP contribution is -2.46. The van der Waals surface area contributed by atoms with Crippen molar-refractivity contribution in [2.75, 3.05) is 33.4 Å². The Morgan fingerprint density at radius 3 is 3.14 bits per heavy atom. The number of H-pyrrole nitrogens is 1. The second-order valence-electron chi connectivity index (χ2n) is 7.79. The van der Waals surface area contributed by atoms with E-state index in [1.807, 2.05) is 13.0 Å². The Hall–Kier alpha value is -1.81. The molecule has 0 radical (unpaired) electrons. The van der Waals surface area contributed by atoms with E-state index in [1.54, 1.807) is 18.4 Å². The molecule has 2 aliphatic rings. The van der Waals surface area contributed by atoms with Crippen molar-refractivity contribution in [1.82, 2.24) is 25.4 Å². The molecule has 8 nitrogen and oxygen atoms in total. The minimum Gasteiger partial charge on any atom is -0.380 e. The number of carbonyl (C=O) groups excluding carboxylic acids is 1. The Labute approximate surface area is 168 Å². The summed E-state index contributed by atoms with van der Waals surface area (Å²) < 4.78 is 10.8. The van der Waals surface area contributed by atoms with Gasteiger partial charge in [0.2, 0.25) is 5.91 Å². The number of likely N-dealkylation sites (tertiary alicyclic amines) is 1. The van der Waals surface area contributed by atoms with Crippen molar-refractivity contribution in [1.29, 1.82) is 0 Å². The summed E-state index contributed by atoms with van der Waals surface area (Å²) in [6, 6.07) is 1.91. The predicted octanol–water partition coefficient (Wildman–Crippen LogP) is 1.39. The summed E-state index contributed by atoms with van der Waals surface area (Å²) in [4.78, 5) is 21.4. The van der Waals surface area contributed by atoms with Crippen LogP contribution in [0, 0.1) is 25.2 Å². The summed E-state index contributed by atoms with van der Waals surface area (Å²) in [6.45, 7) is 8.52. The van der Waals surface area contributed by atoms with Gasteiger partial charge in [-0.2, -0.15) is 5.10 Å². The third-order valence-corrected chi connectivity index (χ3v) is 6.80. The normalized spacial score (nSPS) is 24.6. The van der Waals surface area contributed by atoms with Crippen molar-refractivity contribution < 1.29 is 14.3 Å². The molecule has 2 atom stereocenters. The van der Waals surface area contributed by atoms with Crippen LogP contribution in [0.3, 0.4) is 0 Å². The first-order valence-corrected chi connectivity index (χ1v) is 10.4. The van der Waals surface area contributed by atoms with Gasteiger partial charge in [-0.25, -0.2) is 4.98 Å². The molecule has 0 bridgehead atoms. The molecule has 2 N–H and O–H groups in total. The average Bonchev–Trinajstić information content (AvgIpc) is 3.39. The van der Waals surface area contributed by atoms with Crippen LogP contribution in [-0.4, -0.2) is 59.4 Å². The molecule has 9 heteroatoms. The lowest BCUT2D eigenvalue weighted by atomic mass is 9.80. The number of hydrogen-bond acceptors (Lipinski definition) is 7. The van der Waals surface area contributed by atoms with E-state index in [1.165, 1.54) is 4.88 Å². The molecule has 0 unspecified atom stereocenters. The van der Waals surface area contributed by atoms with Crippen LogP contribution in [0.2, 0.25) is 0 Å². The Balaban J connectivity index is 1.39. The van der Waals surface area contributed by atoms with Gasteiger partial charge in [0, 0.05) is 31.0 Å². The fourth-order valence-electron chi connectivity index (χ4n) is 4.15. The van der Waals surface area contributed by atoms with E-state index in [0.29, 0.717) is 32.9 Å². The molecule has 2 fully saturated rings. The zero-order chi connectivity index (χ0) is 19.7. The quantitative estimate of drug-likeness (QED) is 0.723. The number of ether oxygens (including phenoxy) is 2. The first kappa shape index (κ1) is 19.5. The molecule has 0 spiro atoms. The molecule has 0 saturated carbocycles. The maximum atomic E-state index is 13.1. The monoisotopic (exact) mass is 405 g/mol. The third kappa shape index (κ3) is 3.71. The van der Waals surface area contributed by atoms with Gasteiger partial charge < -0.3 is 14.8 Å². The topological polar surface area (TPSA) is 92.4 Å². The first-order chi connectivity index (χ1) is 13.5. The van der Waals surface area contributed by atoms with E-state index < -0.39 is 5.41 Å². The number of thiazole rings is 1. The van der Waals surface area contributed by atoms with Crippen LogP contribution in [-0.2, 0) is 34.0 Å². The Morgan fingerprint density at radius 2 is 2.39 bits per heavy atom. The smallest absolute Gasteiger partial charge is 0.230 e. The zero-order valence-electron chi connectivity index (χ0n) is 16.6. The van der Waals surface area contributed by atoms with Crippen molar-refractivity contribution >= 4 is 17.2 Å². The molecule has 2 aliphatic heterocycles. The molecule has 1 amide bonds. The van der Waals surface area contributed by atoms with Crippen LogP contribution in [0.15, 0.2) is 6.07 Å². The van der Waals surface area contributed by atoms with Gasteiger partial charge in [0.1, 0.15) is 5.01 Å². The van der Waals surface area contributed by atoms with Gasteiger partial charge in [-0.3, -0.25) is 14.8 Å². The maximum Gasteiger partial charge on any atom is 0.230 e. The van der Waals surface area contributed by atoms with Crippen molar-refractivity contribution in [3.05, 3.63) is 33.0 Å². The lowest BCUT2D eigenvalue weighted by molar-refractivity contribution is -0.131. The van der Waals surface area contributed by atoms with Gasteiger partial charge in [0.05, 0.1) is 55.4 Å². The highest BCUT2D eigenvalue weighted by atomic mass is 32.1. The largest absolute Gasteiger partial charge is 0.380 e. The number of fused-ring (bicyclic) bond motifs is 1. The van der Waals surface area contributed by atoms with Crippen LogP contribution in [0.1, 0.15) is 27.0 Å². The summed E-state index contributed by atoms with van der Waals surface area (Å²) in [6.07, 6.45) is 0. The fourth-order valence-corrected chi connectivity index (χ4v) is 5.13. The van der Waals surface area contributed by atoms with Gasteiger partial charge in [0.15, 0.2) is 0 Å². The molecule has 0 aromatic carbocycles. The predicted molar refractivity (Wildman–Crippen MR) is 105 cm³/mol. The van der Waals surface area contributed by atoms with Crippen LogP contribution < -0.4 is 5.32 Å². The van der Waals surface area contributed by atoms with E-state index in [4.69, 9.17) is 9.47 Å². The minimum atomic E-state index is -0.475. The Kier molecular flexibility index (Phi) is 5.50. The second kappa shape index (κ2) is 7.90. The molecule has 2 aromatic rings. The van der Waals surface area contributed by atoms with E-state index in [2.05, 4.69) is 32.3 Å². The molecular formula is C19H27N5O3S. The standard InChI is InChI=1S/C19H27N5O3S/c1-12-13(2)28-17(21-12)7-24-6-14-8-27-11-19(14,10-24)18(25)20-5-15-4-16(9-26-3)23-22-15/h4,14H,5-11H2,1-3H3,(H,20,25)(H,22,23)/t14-,19-/m1/s1. The zero-order valence-corrected chi connectivity index (χ0v) is 17.4. The van der Waals surface area contributed by atoms with Crippen LogP contribution in [0.25, 0.3) is 0 Å². The number of aromatic nitrogens is 3. The van der Waals surface area contributed by atoms with Gasteiger partial charge >= 0.3 is 0 Å². The molecule has 2 saturated heterocycles. The van der Waals surface area contributed by atoms with Crippen LogP contribution >= 0.6 is 11.3 Å². The fraction of sp³-hybridized carbons (Fsp3) is 0.632. The number of nitrogens with zero attached hydrogens (tertiary/aromatic N) is 3. The number of amides is 1. The number of methoxy groups -OCH3 is 1. The highest BCUT2D eigenvalue weighted by Gasteiger charge is 2.55. The number of aromatic amines is 1. The number of nitrogens with one attached hydrogen (secondary N) is 2. The molecule has 152 valence electrons. The molecule has 4 heterocycles. The van der Waals surface area contributed by atoms with E-state index in [9.17, 15) is 4.79 Å². The number of hydrogen-bond donors (Lipinski definition) is 2. The van der Waals surface area contributed by atoms with Crippen LogP contribution in [0.4, 0.5) is 0 Å². The lowest BCUT2D eigenvalue weighted by Gasteiger charge is -2.25. The van der Waals surface area contributed by atoms with E-state index in [0.717, 1.165) is 35.2 Å². The highest BCUT2D eigenvalue weighted by molar-refractivity contribution is 7.11. The summed E-state index contributed by atoms with van der Waals surface area (Å²) in [5.41, 5.74) is 2.32. The van der Waals surface area contributed by atoms with Gasteiger partial charge in [-0.05, 0) is 19.9 Å². The van der Waals surface area contributed by atoms with Crippen LogP contribution in [0.5, 0.6) is 0 Å². The Morgan fingerprint density at radius 1 is 1.54 bits per heavy atom. The number of rotatable bonds is 7. The van der Waals surface area contributed by atoms with Crippen molar-refractivity contribution in [3.8, 4) is 0 Å². The Bertz CT molecular complexity index is 831.